The summed E-state index contributed by atoms with van der Waals surface area (Å²) in [6.07, 6.45) is 0.921. The van der Waals surface area contributed by atoms with Gasteiger partial charge in [-0.05, 0) is 42.8 Å². The lowest BCUT2D eigenvalue weighted by molar-refractivity contribution is 0.0734. The Kier molecular flexibility index (Phi) is 6.55. The number of rotatable bonds is 6. The summed E-state index contributed by atoms with van der Waals surface area (Å²) in [5, 5.41) is 0. The van der Waals surface area contributed by atoms with Crippen molar-refractivity contribution in [2.75, 3.05) is 6.61 Å². The predicted octanol–water partition coefficient (Wildman–Crippen LogP) is 4.77. The van der Waals surface area contributed by atoms with Gasteiger partial charge in [0.05, 0.1) is 18.7 Å². The van der Waals surface area contributed by atoms with Crippen molar-refractivity contribution in [1.82, 2.24) is 0 Å². The number of ether oxygens (including phenoxy) is 3. The fraction of sp³-hybridized carbons (Fsp3) is 0.211. The number of nitrogens with zero attached hydrogens (tertiary/aromatic N) is 1. The van der Waals surface area contributed by atoms with Gasteiger partial charge >= 0.3 is 12.1 Å². The third-order valence-electron chi connectivity index (χ3n) is 3.19. The second kappa shape index (κ2) is 9.08. The summed E-state index contributed by atoms with van der Waals surface area (Å²) in [5.74, 6) is 0.0734. The topological polar surface area (TPSA) is 66.2 Å². The normalized spacial score (nSPS) is 9.76. The van der Waals surface area contributed by atoms with Crippen LogP contribution in [0.1, 0.15) is 30.1 Å². The van der Waals surface area contributed by atoms with E-state index in [-0.39, 0.29) is 5.75 Å². The summed E-state index contributed by atoms with van der Waals surface area (Å²) >= 11 is 0. The number of carbonyl (C=O) groups excluding carboxylic acids is 2. The van der Waals surface area contributed by atoms with Crippen LogP contribution in [0, 0.1) is 6.57 Å². The Morgan fingerprint density at radius 1 is 0.960 bits per heavy atom. The molecule has 0 unspecified atom stereocenters. The summed E-state index contributed by atoms with van der Waals surface area (Å²) in [7, 11) is 0. The smallest absolute Gasteiger partial charge is 0.434 e. The van der Waals surface area contributed by atoms with Crippen LogP contribution in [-0.4, -0.2) is 18.7 Å². The van der Waals surface area contributed by atoms with Crippen LogP contribution in [0.15, 0.2) is 48.5 Å². The largest absolute Gasteiger partial charge is 0.513 e. The number of carbonyl (C=O) groups is 2. The first-order valence-electron chi connectivity index (χ1n) is 7.76. The van der Waals surface area contributed by atoms with E-state index in [9.17, 15) is 9.59 Å². The molecule has 0 saturated carbocycles. The van der Waals surface area contributed by atoms with E-state index in [2.05, 4.69) is 4.85 Å². The Labute approximate surface area is 145 Å². The molecule has 0 heterocycles. The summed E-state index contributed by atoms with van der Waals surface area (Å²) < 4.78 is 15.1. The van der Waals surface area contributed by atoms with Gasteiger partial charge in [0, 0.05) is 0 Å². The average Bonchev–Trinajstić information content (AvgIpc) is 2.63. The van der Waals surface area contributed by atoms with Gasteiger partial charge in [-0.25, -0.2) is 14.4 Å². The standard InChI is InChI=1S/C19H17NO5/c1-3-4-13-23-19(22)25-17-9-5-14(6-10-17)18(21)24-16-11-7-15(20-2)8-12-16/h5-12H,3-4,13H2,1H3. The molecule has 0 aromatic heterocycles. The van der Waals surface area contributed by atoms with Crippen molar-refractivity contribution >= 4 is 17.8 Å². The number of benzene rings is 2. The highest BCUT2D eigenvalue weighted by Gasteiger charge is 2.10. The molecule has 2 rings (SSSR count). The monoisotopic (exact) mass is 339 g/mol. The highest BCUT2D eigenvalue weighted by molar-refractivity contribution is 5.91. The van der Waals surface area contributed by atoms with E-state index in [1.165, 1.54) is 24.3 Å². The molecule has 0 atom stereocenters. The van der Waals surface area contributed by atoms with Gasteiger partial charge in [0.15, 0.2) is 5.69 Å². The van der Waals surface area contributed by atoms with Crippen LogP contribution in [0.3, 0.4) is 0 Å². The Bertz CT molecular complexity index is 760. The quantitative estimate of drug-likeness (QED) is 0.249. The minimum atomic E-state index is -0.774. The van der Waals surface area contributed by atoms with E-state index in [1.54, 1.807) is 24.3 Å². The van der Waals surface area contributed by atoms with Crippen LogP contribution in [0.4, 0.5) is 10.5 Å². The zero-order valence-electron chi connectivity index (χ0n) is 13.7. The summed E-state index contributed by atoms with van der Waals surface area (Å²) in [4.78, 5) is 26.8. The van der Waals surface area contributed by atoms with Crippen molar-refractivity contribution in [3.8, 4) is 11.5 Å². The van der Waals surface area contributed by atoms with Gasteiger partial charge in [-0.1, -0.05) is 25.5 Å². The molecular weight excluding hydrogens is 322 g/mol. The number of hydrogen-bond acceptors (Lipinski definition) is 5. The van der Waals surface area contributed by atoms with Crippen molar-refractivity contribution in [2.24, 2.45) is 0 Å². The minimum Gasteiger partial charge on any atom is -0.434 e. The maximum Gasteiger partial charge on any atom is 0.513 e. The van der Waals surface area contributed by atoms with Crippen molar-refractivity contribution in [2.45, 2.75) is 19.8 Å². The molecule has 25 heavy (non-hydrogen) atoms. The van der Waals surface area contributed by atoms with Gasteiger partial charge < -0.3 is 14.2 Å². The van der Waals surface area contributed by atoms with Crippen LogP contribution in [0.2, 0.25) is 0 Å². The van der Waals surface area contributed by atoms with E-state index >= 15 is 0 Å². The van der Waals surface area contributed by atoms with Crippen LogP contribution in [0.25, 0.3) is 4.85 Å². The third-order valence-corrected chi connectivity index (χ3v) is 3.19. The predicted molar refractivity (Wildman–Crippen MR) is 91.0 cm³/mol. The molecule has 0 N–H and O–H groups in total. The number of unbranched alkanes of at least 4 members (excludes halogenated alkanes) is 1. The van der Waals surface area contributed by atoms with Gasteiger partial charge in [-0.2, -0.15) is 0 Å². The zero-order valence-corrected chi connectivity index (χ0v) is 13.7. The molecule has 0 aliphatic carbocycles. The molecule has 0 aliphatic heterocycles. The molecule has 0 spiro atoms. The summed E-state index contributed by atoms with van der Waals surface area (Å²) in [6.45, 7) is 9.18. The Hall–Kier alpha value is -3.33. The Morgan fingerprint density at radius 3 is 2.16 bits per heavy atom. The van der Waals surface area contributed by atoms with Crippen molar-refractivity contribution in [3.63, 3.8) is 0 Å². The van der Waals surface area contributed by atoms with Crippen molar-refractivity contribution in [3.05, 3.63) is 65.5 Å². The second-order valence-electron chi connectivity index (χ2n) is 5.07. The highest BCUT2D eigenvalue weighted by atomic mass is 16.7. The molecule has 2 aromatic carbocycles. The molecule has 0 amide bonds. The lowest BCUT2D eigenvalue weighted by Crippen LogP contribution is -2.12. The second-order valence-corrected chi connectivity index (χ2v) is 5.07. The fourth-order valence-corrected chi connectivity index (χ4v) is 1.84. The third kappa shape index (κ3) is 5.66. The average molecular weight is 339 g/mol. The maximum absolute atomic E-state index is 12.1. The first kappa shape index (κ1) is 18.0. The van der Waals surface area contributed by atoms with Crippen LogP contribution >= 0.6 is 0 Å². The molecular formula is C19H17NO5. The molecule has 0 fully saturated rings. The molecule has 0 bridgehead atoms. The van der Waals surface area contributed by atoms with Crippen molar-refractivity contribution < 1.29 is 23.8 Å². The first-order chi connectivity index (χ1) is 12.1. The molecule has 2 aromatic rings. The molecule has 0 aliphatic rings. The lowest BCUT2D eigenvalue weighted by atomic mass is 10.2. The van der Waals surface area contributed by atoms with E-state index < -0.39 is 12.1 Å². The first-order valence-corrected chi connectivity index (χ1v) is 7.76. The lowest BCUT2D eigenvalue weighted by Gasteiger charge is -2.07. The van der Waals surface area contributed by atoms with Gasteiger partial charge in [0.1, 0.15) is 11.5 Å². The van der Waals surface area contributed by atoms with E-state index in [1.807, 2.05) is 6.92 Å². The number of esters is 1. The summed E-state index contributed by atoms with van der Waals surface area (Å²) in [6, 6.07) is 12.2. The van der Waals surface area contributed by atoms with Gasteiger partial charge in [0.2, 0.25) is 0 Å². The summed E-state index contributed by atoms with van der Waals surface area (Å²) in [5.41, 5.74) is 0.771. The number of hydrogen-bond donors (Lipinski definition) is 0. The van der Waals surface area contributed by atoms with Gasteiger partial charge in [-0.15, -0.1) is 0 Å². The molecule has 128 valence electrons. The van der Waals surface area contributed by atoms with Crippen molar-refractivity contribution in [1.29, 1.82) is 0 Å². The van der Waals surface area contributed by atoms with E-state index in [0.29, 0.717) is 23.6 Å². The van der Waals surface area contributed by atoms with E-state index in [4.69, 9.17) is 20.8 Å². The van der Waals surface area contributed by atoms with E-state index in [0.717, 1.165) is 12.8 Å². The molecule has 0 saturated heterocycles. The Morgan fingerprint density at radius 2 is 1.56 bits per heavy atom. The van der Waals surface area contributed by atoms with Gasteiger partial charge in [0.25, 0.3) is 0 Å². The Balaban J connectivity index is 1.91. The van der Waals surface area contributed by atoms with Crippen LogP contribution < -0.4 is 9.47 Å². The zero-order chi connectivity index (χ0) is 18.1. The molecule has 0 radical (unpaired) electrons. The van der Waals surface area contributed by atoms with Gasteiger partial charge in [-0.3, -0.25) is 0 Å². The SMILES string of the molecule is [C-]#[N+]c1ccc(OC(=O)c2ccc(OC(=O)OCCCC)cc2)cc1. The van der Waals surface area contributed by atoms with Crippen LogP contribution in [-0.2, 0) is 4.74 Å². The highest BCUT2D eigenvalue weighted by Crippen LogP contribution is 2.20. The van der Waals surface area contributed by atoms with Crippen LogP contribution in [0.5, 0.6) is 11.5 Å². The molecule has 6 nitrogen and oxygen atoms in total. The minimum absolute atomic E-state index is 0.277. The molecule has 6 heteroatoms. The maximum atomic E-state index is 12.1. The fourth-order valence-electron chi connectivity index (χ4n) is 1.84.